The molecule has 4 aliphatic heterocycles. The molecular weight excluding hydrogens is 432 g/mol. The maximum atomic E-state index is 6.39. The lowest BCUT2D eigenvalue weighted by atomic mass is 9.86. The quantitative estimate of drug-likeness (QED) is 0.216. The summed E-state index contributed by atoms with van der Waals surface area (Å²) in [6, 6.07) is 0. The molecule has 4 fully saturated rings. The normalized spacial score (nSPS) is 31.1. The molecule has 0 N–H and O–H groups in total. The van der Waals surface area contributed by atoms with E-state index in [9.17, 15) is 0 Å². The van der Waals surface area contributed by atoms with Crippen LogP contribution in [0.5, 0.6) is 0 Å². The first-order valence-electron chi connectivity index (χ1n) is 12.5. The molecule has 0 aromatic rings. The Balaban J connectivity index is 1.27. The van der Waals surface area contributed by atoms with Gasteiger partial charge in [-0.05, 0) is 12.8 Å². The highest BCUT2D eigenvalue weighted by Gasteiger charge is 2.36. The monoisotopic (exact) mass is 474 g/mol. The number of rotatable bonds is 22. The van der Waals surface area contributed by atoms with Gasteiger partial charge in [-0.3, -0.25) is 0 Å². The van der Waals surface area contributed by atoms with E-state index in [1.165, 1.54) is 0 Å². The zero-order chi connectivity index (χ0) is 23.0. The van der Waals surface area contributed by atoms with Crippen LogP contribution in [0.3, 0.4) is 0 Å². The summed E-state index contributed by atoms with van der Waals surface area (Å²) in [5.74, 6) is 0. The van der Waals surface area contributed by atoms with Gasteiger partial charge in [-0.1, -0.05) is 13.8 Å². The van der Waals surface area contributed by atoms with Gasteiger partial charge >= 0.3 is 0 Å². The minimum Gasteiger partial charge on any atom is -0.380 e. The lowest BCUT2D eigenvalue weighted by Gasteiger charge is -2.36. The molecule has 0 radical (unpaired) electrons. The molecule has 0 spiro atoms. The van der Waals surface area contributed by atoms with Crippen molar-refractivity contribution >= 4 is 0 Å². The van der Waals surface area contributed by atoms with E-state index in [-0.39, 0.29) is 35.2 Å². The summed E-state index contributed by atoms with van der Waals surface area (Å²) >= 11 is 0. The molecule has 0 amide bonds. The van der Waals surface area contributed by atoms with Gasteiger partial charge in [0.2, 0.25) is 0 Å². The molecule has 0 aliphatic carbocycles. The number of hydrogen-bond acceptors (Lipinski definition) is 9. The van der Waals surface area contributed by atoms with Crippen LogP contribution < -0.4 is 0 Å². The second-order valence-corrected chi connectivity index (χ2v) is 10.1. The van der Waals surface area contributed by atoms with Gasteiger partial charge in [0, 0.05) is 10.8 Å². The van der Waals surface area contributed by atoms with E-state index in [1.54, 1.807) is 0 Å². The molecule has 0 saturated carbocycles. The molecule has 0 bridgehead atoms. The predicted molar refractivity (Wildman–Crippen MR) is 119 cm³/mol. The van der Waals surface area contributed by atoms with Crippen LogP contribution in [-0.4, -0.2) is 117 Å². The molecule has 33 heavy (non-hydrogen) atoms. The largest absolute Gasteiger partial charge is 0.380 e. The van der Waals surface area contributed by atoms with Crippen LogP contribution in [0.2, 0.25) is 0 Å². The third kappa shape index (κ3) is 9.66. The van der Waals surface area contributed by atoms with Crippen LogP contribution >= 0.6 is 0 Å². The Morgan fingerprint density at radius 1 is 0.485 bits per heavy atom. The predicted octanol–water partition coefficient (Wildman–Crippen LogP) is 1.46. The van der Waals surface area contributed by atoms with Gasteiger partial charge < -0.3 is 42.6 Å². The van der Waals surface area contributed by atoms with E-state index in [2.05, 4.69) is 13.8 Å². The summed E-state index contributed by atoms with van der Waals surface area (Å²) in [5, 5.41) is 0. The smallest absolute Gasteiger partial charge is 0.104 e. The average molecular weight is 475 g/mol. The minimum atomic E-state index is -0.214. The van der Waals surface area contributed by atoms with E-state index < -0.39 is 0 Å². The van der Waals surface area contributed by atoms with E-state index in [4.69, 9.17) is 42.6 Å². The van der Waals surface area contributed by atoms with Crippen molar-refractivity contribution in [2.75, 3.05) is 92.5 Å². The molecular formula is C24H42O9. The van der Waals surface area contributed by atoms with Crippen molar-refractivity contribution in [1.29, 1.82) is 0 Å². The number of ether oxygens (including phenoxy) is 9. The second kappa shape index (κ2) is 12.6. The van der Waals surface area contributed by atoms with Gasteiger partial charge in [0.05, 0.1) is 92.5 Å². The van der Waals surface area contributed by atoms with Crippen LogP contribution in [0, 0.1) is 10.8 Å². The zero-order valence-electron chi connectivity index (χ0n) is 20.3. The Morgan fingerprint density at radius 2 is 0.727 bits per heavy atom. The van der Waals surface area contributed by atoms with E-state index >= 15 is 0 Å². The number of epoxide rings is 4. The van der Waals surface area contributed by atoms with Gasteiger partial charge in [0.25, 0.3) is 0 Å². The fourth-order valence-electron chi connectivity index (χ4n) is 3.63. The number of hydrogen-bond donors (Lipinski definition) is 0. The maximum absolute atomic E-state index is 6.39. The van der Waals surface area contributed by atoms with Gasteiger partial charge in [0.1, 0.15) is 24.4 Å². The fourth-order valence-corrected chi connectivity index (χ4v) is 3.63. The Kier molecular flexibility index (Phi) is 9.79. The molecule has 4 saturated heterocycles. The minimum absolute atomic E-state index is 0.214. The summed E-state index contributed by atoms with van der Waals surface area (Å²) in [6.45, 7) is 13.5. The van der Waals surface area contributed by atoms with Crippen molar-refractivity contribution < 1.29 is 42.6 Å². The second-order valence-electron chi connectivity index (χ2n) is 10.1. The van der Waals surface area contributed by atoms with Crippen molar-refractivity contribution in [3.8, 4) is 0 Å². The Bertz CT molecular complexity index is 474. The highest BCUT2D eigenvalue weighted by Crippen LogP contribution is 2.30. The van der Waals surface area contributed by atoms with E-state index in [0.717, 1.165) is 39.3 Å². The molecule has 0 aromatic carbocycles. The van der Waals surface area contributed by atoms with Crippen LogP contribution in [0.1, 0.15) is 26.7 Å². The highest BCUT2D eigenvalue weighted by atomic mass is 16.6. The third-order valence-corrected chi connectivity index (χ3v) is 6.77. The lowest BCUT2D eigenvalue weighted by molar-refractivity contribution is -0.113. The summed E-state index contributed by atoms with van der Waals surface area (Å²) in [7, 11) is 0. The van der Waals surface area contributed by atoms with Gasteiger partial charge in [0.15, 0.2) is 0 Å². The molecule has 4 aliphatic rings. The molecule has 9 nitrogen and oxygen atoms in total. The zero-order valence-corrected chi connectivity index (χ0v) is 20.3. The summed E-state index contributed by atoms with van der Waals surface area (Å²) < 4.78 is 51.5. The van der Waals surface area contributed by atoms with Crippen LogP contribution in [0.4, 0.5) is 0 Å². The van der Waals surface area contributed by atoms with Crippen LogP contribution in [-0.2, 0) is 42.6 Å². The first kappa shape index (κ1) is 25.7. The van der Waals surface area contributed by atoms with Crippen molar-refractivity contribution in [2.45, 2.75) is 51.1 Å². The van der Waals surface area contributed by atoms with Gasteiger partial charge in [-0.25, -0.2) is 0 Å². The van der Waals surface area contributed by atoms with Crippen molar-refractivity contribution in [3.05, 3.63) is 0 Å². The molecule has 4 atom stereocenters. The van der Waals surface area contributed by atoms with Crippen LogP contribution in [0.25, 0.3) is 0 Å². The average Bonchev–Trinajstić information content (AvgIpc) is 3.64. The molecule has 4 unspecified atom stereocenters. The standard InChI is InChI=1S/C24H42O9/c1-3-23(13-25-5-19-9-30-19,14-26-6-20-10-31-20)17-29-18-24(4-2,15-27-7-21-11-32-21)16-28-8-22-12-33-22/h19-22H,3-18H2,1-2H3. The third-order valence-electron chi connectivity index (χ3n) is 6.77. The molecule has 4 heterocycles. The maximum Gasteiger partial charge on any atom is 0.104 e. The summed E-state index contributed by atoms with van der Waals surface area (Å²) in [4.78, 5) is 0. The molecule has 4 rings (SSSR count). The SMILES string of the molecule is CCC(COCC1CO1)(COCC1CO1)COCC(CC)(COCC1CO1)COCC1CO1. The summed E-state index contributed by atoms with van der Waals surface area (Å²) in [6.07, 6.45) is 2.77. The fraction of sp³-hybridized carbons (Fsp3) is 1.00. The van der Waals surface area contributed by atoms with E-state index in [1.807, 2.05) is 0 Å². The Labute approximate surface area is 197 Å². The van der Waals surface area contributed by atoms with Gasteiger partial charge in [-0.15, -0.1) is 0 Å². The highest BCUT2D eigenvalue weighted by molar-refractivity contribution is 4.83. The first-order chi connectivity index (χ1) is 16.1. The van der Waals surface area contributed by atoms with Crippen LogP contribution in [0.15, 0.2) is 0 Å². The Morgan fingerprint density at radius 3 is 0.939 bits per heavy atom. The summed E-state index contributed by atoms with van der Waals surface area (Å²) in [5.41, 5.74) is -0.427. The van der Waals surface area contributed by atoms with Crippen molar-refractivity contribution in [2.24, 2.45) is 10.8 Å². The van der Waals surface area contributed by atoms with Crippen molar-refractivity contribution in [1.82, 2.24) is 0 Å². The molecule has 192 valence electrons. The van der Waals surface area contributed by atoms with E-state index in [0.29, 0.717) is 66.1 Å². The lowest BCUT2D eigenvalue weighted by Crippen LogP contribution is -2.42. The Hall–Kier alpha value is -0.360. The molecule has 9 heteroatoms. The first-order valence-corrected chi connectivity index (χ1v) is 12.5. The van der Waals surface area contributed by atoms with Gasteiger partial charge in [-0.2, -0.15) is 0 Å². The molecule has 0 aromatic heterocycles. The topological polar surface area (TPSA) is 96.3 Å². The van der Waals surface area contributed by atoms with Crippen molar-refractivity contribution in [3.63, 3.8) is 0 Å².